The fourth-order valence-corrected chi connectivity index (χ4v) is 2.34. The van der Waals surface area contributed by atoms with Crippen LogP contribution in [0.15, 0.2) is 18.2 Å². The first-order valence-electron chi connectivity index (χ1n) is 6.53. The summed E-state index contributed by atoms with van der Waals surface area (Å²) in [5, 5.41) is 2.73. The lowest BCUT2D eigenvalue weighted by Crippen LogP contribution is -2.24. The van der Waals surface area contributed by atoms with Crippen molar-refractivity contribution < 1.29 is 14.3 Å². The van der Waals surface area contributed by atoms with Gasteiger partial charge in [0.1, 0.15) is 11.0 Å². The Balaban J connectivity index is 1.73. The zero-order chi connectivity index (χ0) is 16.2. The minimum Gasteiger partial charge on any atom is -0.467 e. The number of benzene rings is 1. The molecule has 0 aliphatic heterocycles. The van der Waals surface area contributed by atoms with Gasteiger partial charge in [-0.25, -0.2) is 0 Å². The molecule has 0 radical (unpaired) electrons. The molecule has 1 amide bonds. The van der Waals surface area contributed by atoms with Crippen molar-refractivity contribution in [3.63, 3.8) is 0 Å². The number of nitrogens with zero attached hydrogens (tertiary/aromatic N) is 5. The number of nitrogens with one attached hydrogen (secondary N) is 1. The first-order chi connectivity index (χ1) is 11.2. The van der Waals surface area contributed by atoms with E-state index >= 15 is 0 Å². The Bertz CT molecular complexity index is 830. The summed E-state index contributed by atoms with van der Waals surface area (Å²) in [5.41, 5.74) is 1.93. The Kier molecular flexibility index (Phi) is 4.24. The monoisotopic (exact) mass is 332 g/mol. The van der Waals surface area contributed by atoms with Gasteiger partial charge in [0.25, 0.3) is 5.91 Å². The van der Waals surface area contributed by atoms with E-state index in [1.807, 2.05) is 0 Å². The Morgan fingerprint density at radius 3 is 2.48 bits per heavy atom. The van der Waals surface area contributed by atoms with Crippen LogP contribution in [0.2, 0.25) is 0 Å². The largest absolute Gasteiger partial charge is 0.467 e. The van der Waals surface area contributed by atoms with E-state index < -0.39 is 0 Å². The van der Waals surface area contributed by atoms with Gasteiger partial charge < -0.3 is 14.8 Å². The van der Waals surface area contributed by atoms with Gasteiger partial charge >= 0.3 is 12.0 Å². The van der Waals surface area contributed by atoms with Gasteiger partial charge in [-0.3, -0.25) is 4.79 Å². The summed E-state index contributed by atoms with van der Waals surface area (Å²) in [4.78, 5) is 24.2. The summed E-state index contributed by atoms with van der Waals surface area (Å²) in [5.74, 6) is 0.0664. The highest BCUT2D eigenvalue weighted by molar-refractivity contribution is 7.00. The van der Waals surface area contributed by atoms with Crippen molar-refractivity contribution in [2.75, 3.05) is 14.2 Å². The third-order valence-electron chi connectivity index (χ3n) is 2.93. The molecule has 9 nitrogen and oxygen atoms in total. The van der Waals surface area contributed by atoms with E-state index in [4.69, 9.17) is 9.47 Å². The smallest absolute Gasteiger partial charge is 0.322 e. The number of fused-ring (bicyclic) bond motifs is 1. The standard InChI is InChI=1S/C13H12N6O3S/c1-21-12-15-10(16-13(17-12)22-2)6-14-11(20)7-3-4-8-9(5-7)19-23-18-8/h3-5H,6H2,1-2H3,(H,14,20). The Hall–Kier alpha value is -2.88. The van der Waals surface area contributed by atoms with Crippen LogP contribution in [0.1, 0.15) is 16.2 Å². The third kappa shape index (κ3) is 3.31. The van der Waals surface area contributed by atoms with E-state index in [9.17, 15) is 4.79 Å². The maximum absolute atomic E-state index is 12.2. The minimum atomic E-state index is -0.266. The molecule has 1 N–H and O–H groups in total. The molecule has 0 saturated heterocycles. The molecule has 0 bridgehead atoms. The third-order valence-corrected chi connectivity index (χ3v) is 3.49. The number of hydrogen-bond acceptors (Lipinski definition) is 9. The molecule has 2 heterocycles. The lowest BCUT2D eigenvalue weighted by Gasteiger charge is -2.06. The molecular formula is C13H12N6O3S. The van der Waals surface area contributed by atoms with Gasteiger partial charge in [0.15, 0.2) is 5.82 Å². The summed E-state index contributed by atoms with van der Waals surface area (Å²) in [6.07, 6.45) is 0. The van der Waals surface area contributed by atoms with Crippen LogP contribution in [0.25, 0.3) is 11.0 Å². The normalized spacial score (nSPS) is 10.5. The van der Waals surface area contributed by atoms with Gasteiger partial charge in [0.05, 0.1) is 32.5 Å². The number of ether oxygens (including phenoxy) is 2. The molecule has 0 aliphatic carbocycles. The minimum absolute atomic E-state index is 0.113. The van der Waals surface area contributed by atoms with Gasteiger partial charge in [-0.2, -0.15) is 18.7 Å². The molecular weight excluding hydrogens is 320 g/mol. The van der Waals surface area contributed by atoms with E-state index in [2.05, 4.69) is 29.0 Å². The predicted molar refractivity (Wildman–Crippen MR) is 81.5 cm³/mol. The highest BCUT2D eigenvalue weighted by Crippen LogP contribution is 2.14. The number of aromatic nitrogens is 5. The number of rotatable bonds is 5. The maximum Gasteiger partial charge on any atom is 0.322 e. The van der Waals surface area contributed by atoms with Crippen LogP contribution >= 0.6 is 11.7 Å². The van der Waals surface area contributed by atoms with E-state index in [0.29, 0.717) is 16.9 Å². The first-order valence-corrected chi connectivity index (χ1v) is 7.26. The summed E-state index contributed by atoms with van der Waals surface area (Å²) in [7, 11) is 2.88. The predicted octanol–water partition coefficient (Wildman–Crippen LogP) is 0.824. The first kappa shape index (κ1) is 15.0. The van der Waals surface area contributed by atoms with Crippen molar-refractivity contribution in [3.05, 3.63) is 29.6 Å². The molecule has 0 fully saturated rings. The summed E-state index contributed by atoms with van der Waals surface area (Å²) >= 11 is 1.11. The average molecular weight is 332 g/mol. The second-order valence-electron chi connectivity index (χ2n) is 4.38. The van der Waals surface area contributed by atoms with Crippen LogP contribution in [0.3, 0.4) is 0 Å². The number of carbonyl (C=O) groups excluding carboxylic acids is 1. The van der Waals surface area contributed by atoms with Gasteiger partial charge in [0, 0.05) is 5.56 Å². The van der Waals surface area contributed by atoms with E-state index in [-0.39, 0.29) is 24.5 Å². The molecule has 3 aromatic rings. The van der Waals surface area contributed by atoms with Crippen molar-refractivity contribution in [2.45, 2.75) is 6.54 Å². The second-order valence-corrected chi connectivity index (χ2v) is 4.90. The SMILES string of the molecule is COc1nc(CNC(=O)c2ccc3nsnc3c2)nc(OC)n1. The number of carbonyl (C=O) groups is 1. The zero-order valence-corrected chi connectivity index (χ0v) is 13.1. The number of methoxy groups -OCH3 is 2. The zero-order valence-electron chi connectivity index (χ0n) is 12.3. The van der Waals surface area contributed by atoms with E-state index in [0.717, 1.165) is 17.2 Å². The van der Waals surface area contributed by atoms with Crippen LogP contribution in [0.5, 0.6) is 12.0 Å². The van der Waals surface area contributed by atoms with Crippen LogP contribution in [0.4, 0.5) is 0 Å². The number of amides is 1. The van der Waals surface area contributed by atoms with Crippen LogP contribution < -0.4 is 14.8 Å². The van der Waals surface area contributed by atoms with Crippen LogP contribution in [0, 0.1) is 0 Å². The molecule has 23 heavy (non-hydrogen) atoms. The fraction of sp³-hybridized carbons (Fsp3) is 0.231. The quantitative estimate of drug-likeness (QED) is 0.731. The summed E-state index contributed by atoms with van der Waals surface area (Å²) < 4.78 is 18.1. The maximum atomic E-state index is 12.2. The van der Waals surface area contributed by atoms with Crippen molar-refractivity contribution in [3.8, 4) is 12.0 Å². The Morgan fingerprint density at radius 2 is 1.78 bits per heavy atom. The van der Waals surface area contributed by atoms with Gasteiger partial charge in [0.2, 0.25) is 0 Å². The Labute approximate surface area is 135 Å². The van der Waals surface area contributed by atoms with Gasteiger partial charge in [-0.15, -0.1) is 4.98 Å². The molecule has 0 saturated carbocycles. The van der Waals surface area contributed by atoms with Gasteiger partial charge in [-0.05, 0) is 18.2 Å². The average Bonchev–Trinajstić information content (AvgIpc) is 3.06. The molecule has 0 aliphatic rings. The molecule has 0 atom stereocenters. The van der Waals surface area contributed by atoms with Crippen molar-refractivity contribution in [1.29, 1.82) is 0 Å². The van der Waals surface area contributed by atoms with Gasteiger partial charge in [-0.1, -0.05) is 0 Å². The van der Waals surface area contributed by atoms with E-state index in [1.165, 1.54) is 14.2 Å². The van der Waals surface area contributed by atoms with Crippen molar-refractivity contribution in [2.24, 2.45) is 0 Å². The molecule has 10 heteroatoms. The van der Waals surface area contributed by atoms with E-state index in [1.54, 1.807) is 18.2 Å². The summed E-state index contributed by atoms with van der Waals surface area (Å²) in [6, 6.07) is 5.37. The lowest BCUT2D eigenvalue weighted by atomic mass is 10.2. The molecule has 3 rings (SSSR count). The fourth-order valence-electron chi connectivity index (χ4n) is 1.82. The molecule has 0 spiro atoms. The van der Waals surface area contributed by atoms with Crippen LogP contribution in [-0.2, 0) is 6.54 Å². The summed E-state index contributed by atoms with van der Waals surface area (Å²) in [6.45, 7) is 0.113. The Morgan fingerprint density at radius 1 is 1.09 bits per heavy atom. The molecule has 118 valence electrons. The topological polar surface area (TPSA) is 112 Å². The number of hydrogen-bond donors (Lipinski definition) is 1. The van der Waals surface area contributed by atoms with Crippen LogP contribution in [-0.4, -0.2) is 43.8 Å². The lowest BCUT2D eigenvalue weighted by molar-refractivity contribution is 0.0949. The molecule has 0 unspecified atom stereocenters. The van der Waals surface area contributed by atoms with Crippen molar-refractivity contribution in [1.82, 2.24) is 29.0 Å². The highest BCUT2D eigenvalue weighted by Gasteiger charge is 2.11. The molecule has 2 aromatic heterocycles. The highest BCUT2D eigenvalue weighted by atomic mass is 32.1. The second kappa shape index (κ2) is 6.48. The molecule has 1 aromatic carbocycles. The van der Waals surface area contributed by atoms with Crippen molar-refractivity contribution >= 4 is 28.7 Å².